The van der Waals surface area contributed by atoms with Crippen molar-refractivity contribution in [3.8, 4) is 0 Å². The second kappa shape index (κ2) is 5.98. The quantitative estimate of drug-likeness (QED) is 0.552. The molecule has 4 N–H and O–H groups in total. The summed E-state index contributed by atoms with van der Waals surface area (Å²) in [6, 6.07) is 0. The SMILES string of the molecule is CC1(Nc2nc(NN)nc(N3CCCC3)n2)CCCOC1. The summed E-state index contributed by atoms with van der Waals surface area (Å²) >= 11 is 0. The van der Waals surface area contributed by atoms with Crippen molar-refractivity contribution in [3.05, 3.63) is 0 Å². The molecule has 1 aromatic rings. The molecule has 3 rings (SSSR count). The van der Waals surface area contributed by atoms with E-state index in [1.807, 2.05) is 0 Å². The fraction of sp³-hybridized carbons (Fsp3) is 0.769. The van der Waals surface area contributed by atoms with Crippen LogP contribution in [0.25, 0.3) is 0 Å². The predicted molar refractivity (Wildman–Crippen MR) is 81.2 cm³/mol. The molecule has 0 aliphatic carbocycles. The largest absolute Gasteiger partial charge is 0.379 e. The molecule has 8 heteroatoms. The Morgan fingerprint density at radius 3 is 2.57 bits per heavy atom. The van der Waals surface area contributed by atoms with E-state index in [2.05, 4.69) is 37.5 Å². The Balaban J connectivity index is 1.81. The van der Waals surface area contributed by atoms with Gasteiger partial charge in [0.2, 0.25) is 17.8 Å². The summed E-state index contributed by atoms with van der Waals surface area (Å²) in [5.41, 5.74) is 2.38. The molecule has 0 aromatic carbocycles. The van der Waals surface area contributed by atoms with Crippen LogP contribution in [0.5, 0.6) is 0 Å². The van der Waals surface area contributed by atoms with E-state index in [-0.39, 0.29) is 5.54 Å². The third kappa shape index (κ3) is 3.33. The highest BCUT2D eigenvalue weighted by Crippen LogP contribution is 2.24. The van der Waals surface area contributed by atoms with Crippen molar-refractivity contribution in [1.29, 1.82) is 0 Å². The molecule has 3 heterocycles. The number of nitrogen functional groups attached to an aromatic ring is 1. The maximum absolute atomic E-state index is 5.56. The zero-order chi connectivity index (χ0) is 14.7. The molecular weight excluding hydrogens is 270 g/mol. The Bertz CT molecular complexity index is 483. The number of nitrogens with one attached hydrogen (secondary N) is 2. The van der Waals surface area contributed by atoms with Gasteiger partial charge in [0, 0.05) is 19.7 Å². The molecule has 1 aromatic heterocycles. The first kappa shape index (κ1) is 14.3. The summed E-state index contributed by atoms with van der Waals surface area (Å²) in [5.74, 6) is 7.09. The van der Waals surface area contributed by atoms with Crippen molar-refractivity contribution in [1.82, 2.24) is 15.0 Å². The average molecular weight is 293 g/mol. The molecule has 0 spiro atoms. The maximum Gasteiger partial charge on any atom is 0.243 e. The van der Waals surface area contributed by atoms with Gasteiger partial charge in [-0.2, -0.15) is 15.0 Å². The van der Waals surface area contributed by atoms with Crippen molar-refractivity contribution in [2.75, 3.05) is 41.9 Å². The predicted octanol–water partition coefficient (Wildman–Crippen LogP) is 0.738. The van der Waals surface area contributed by atoms with E-state index < -0.39 is 0 Å². The molecule has 2 aliphatic rings. The van der Waals surface area contributed by atoms with Crippen molar-refractivity contribution in [2.24, 2.45) is 5.84 Å². The monoisotopic (exact) mass is 293 g/mol. The molecule has 0 saturated carbocycles. The number of hydrazine groups is 1. The van der Waals surface area contributed by atoms with Crippen LogP contribution in [0, 0.1) is 0 Å². The molecule has 2 saturated heterocycles. The van der Waals surface area contributed by atoms with Gasteiger partial charge in [-0.1, -0.05) is 0 Å². The lowest BCUT2D eigenvalue weighted by atomic mass is 9.95. The second-order valence-corrected chi connectivity index (χ2v) is 5.96. The van der Waals surface area contributed by atoms with Gasteiger partial charge in [-0.05, 0) is 32.6 Å². The number of ether oxygens (including phenoxy) is 1. The molecule has 0 radical (unpaired) electrons. The molecule has 8 nitrogen and oxygen atoms in total. The highest BCUT2D eigenvalue weighted by Gasteiger charge is 2.29. The Labute approximate surface area is 124 Å². The van der Waals surface area contributed by atoms with Gasteiger partial charge in [-0.25, -0.2) is 5.84 Å². The van der Waals surface area contributed by atoms with Gasteiger partial charge in [0.15, 0.2) is 0 Å². The van der Waals surface area contributed by atoms with E-state index >= 15 is 0 Å². The van der Waals surface area contributed by atoms with Crippen molar-refractivity contribution < 1.29 is 4.74 Å². The van der Waals surface area contributed by atoms with Crippen LogP contribution < -0.4 is 21.5 Å². The molecule has 116 valence electrons. The number of hydrogen-bond acceptors (Lipinski definition) is 8. The summed E-state index contributed by atoms with van der Waals surface area (Å²) in [5, 5.41) is 3.39. The van der Waals surface area contributed by atoms with Crippen LogP contribution in [0.1, 0.15) is 32.6 Å². The van der Waals surface area contributed by atoms with Crippen molar-refractivity contribution in [2.45, 2.75) is 38.1 Å². The average Bonchev–Trinajstić information content (AvgIpc) is 3.01. The Morgan fingerprint density at radius 2 is 1.90 bits per heavy atom. The van der Waals surface area contributed by atoms with Gasteiger partial charge in [-0.3, -0.25) is 5.43 Å². The van der Waals surface area contributed by atoms with Crippen LogP contribution >= 0.6 is 0 Å². The summed E-state index contributed by atoms with van der Waals surface area (Å²) in [6.07, 6.45) is 4.41. The van der Waals surface area contributed by atoms with Crippen LogP contribution in [0.4, 0.5) is 17.8 Å². The first-order chi connectivity index (χ1) is 10.2. The minimum absolute atomic E-state index is 0.145. The van der Waals surface area contributed by atoms with Crippen molar-refractivity contribution >= 4 is 17.8 Å². The number of nitrogens with zero attached hydrogens (tertiary/aromatic N) is 4. The minimum atomic E-state index is -0.145. The van der Waals surface area contributed by atoms with Crippen LogP contribution in [0.15, 0.2) is 0 Å². The zero-order valence-electron chi connectivity index (χ0n) is 12.4. The van der Waals surface area contributed by atoms with Crippen LogP contribution in [-0.4, -0.2) is 46.8 Å². The molecule has 0 amide bonds. The summed E-state index contributed by atoms with van der Waals surface area (Å²) < 4.78 is 5.56. The first-order valence-corrected chi connectivity index (χ1v) is 7.52. The third-order valence-corrected chi connectivity index (χ3v) is 3.99. The first-order valence-electron chi connectivity index (χ1n) is 7.52. The third-order valence-electron chi connectivity index (χ3n) is 3.99. The Morgan fingerprint density at radius 1 is 1.14 bits per heavy atom. The van der Waals surface area contributed by atoms with E-state index in [9.17, 15) is 0 Å². The highest BCUT2D eigenvalue weighted by atomic mass is 16.5. The van der Waals surface area contributed by atoms with Gasteiger partial charge in [0.25, 0.3) is 0 Å². The number of anilines is 3. The molecule has 2 aliphatic heterocycles. The highest BCUT2D eigenvalue weighted by molar-refractivity contribution is 5.45. The molecule has 21 heavy (non-hydrogen) atoms. The lowest BCUT2D eigenvalue weighted by molar-refractivity contribution is 0.0537. The normalized spacial score (nSPS) is 25.9. The van der Waals surface area contributed by atoms with Gasteiger partial charge in [0.05, 0.1) is 12.1 Å². The Kier molecular flexibility index (Phi) is 4.07. The second-order valence-electron chi connectivity index (χ2n) is 5.96. The van der Waals surface area contributed by atoms with Gasteiger partial charge < -0.3 is 15.0 Å². The smallest absolute Gasteiger partial charge is 0.243 e. The van der Waals surface area contributed by atoms with E-state index in [4.69, 9.17) is 10.6 Å². The molecule has 2 fully saturated rings. The summed E-state index contributed by atoms with van der Waals surface area (Å²) in [7, 11) is 0. The van der Waals surface area contributed by atoms with Gasteiger partial charge in [0.1, 0.15) is 0 Å². The molecule has 1 atom stereocenters. The zero-order valence-corrected chi connectivity index (χ0v) is 12.4. The van der Waals surface area contributed by atoms with E-state index in [1.165, 1.54) is 12.8 Å². The van der Waals surface area contributed by atoms with Crippen LogP contribution in [0.3, 0.4) is 0 Å². The van der Waals surface area contributed by atoms with Crippen LogP contribution in [-0.2, 0) is 4.74 Å². The number of hydrogen-bond donors (Lipinski definition) is 3. The summed E-state index contributed by atoms with van der Waals surface area (Å²) in [6.45, 7) is 5.56. The summed E-state index contributed by atoms with van der Waals surface area (Å²) in [4.78, 5) is 15.4. The molecular formula is C13H23N7O. The van der Waals surface area contributed by atoms with Gasteiger partial charge in [-0.15, -0.1) is 0 Å². The fourth-order valence-corrected chi connectivity index (χ4v) is 2.85. The fourth-order valence-electron chi connectivity index (χ4n) is 2.85. The topological polar surface area (TPSA) is 101 Å². The minimum Gasteiger partial charge on any atom is -0.379 e. The lowest BCUT2D eigenvalue weighted by Crippen LogP contribution is -2.43. The standard InChI is InChI=1S/C13H23N7O/c1-13(5-4-8-21-9-13)18-10-15-11(19-14)17-12(16-10)20-6-2-3-7-20/h2-9,14H2,1H3,(H2,15,16,17,18,19). The number of nitrogens with two attached hydrogens (primary N) is 1. The number of rotatable bonds is 4. The van der Waals surface area contributed by atoms with E-state index in [0.29, 0.717) is 24.5 Å². The number of aromatic nitrogens is 3. The lowest BCUT2D eigenvalue weighted by Gasteiger charge is -2.34. The van der Waals surface area contributed by atoms with Crippen LogP contribution in [0.2, 0.25) is 0 Å². The Hall–Kier alpha value is -1.67. The van der Waals surface area contributed by atoms with Crippen molar-refractivity contribution in [3.63, 3.8) is 0 Å². The van der Waals surface area contributed by atoms with E-state index in [1.54, 1.807) is 0 Å². The van der Waals surface area contributed by atoms with E-state index in [0.717, 1.165) is 32.5 Å². The molecule has 0 bridgehead atoms. The van der Waals surface area contributed by atoms with Gasteiger partial charge >= 0.3 is 0 Å². The molecule has 1 unspecified atom stereocenters. The maximum atomic E-state index is 5.56.